The van der Waals surface area contributed by atoms with E-state index >= 15 is 0 Å². The third-order valence-electron chi connectivity index (χ3n) is 4.26. The smallest absolute Gasteiger partial charge is 0.128 e. The van der Waals surface area contributed by atoms with Crippen molar-refractivity contribution in [2.24, 2.45) is 0 Å². The topological polar surface area (TPSA) is 17.8 Å². The van der Waals surface area contributed by atoms with E-state index in [1.54, 1.807) is 17.4 Å². The van der Waals surface area contributed by atoms with Gasteiger partial charge in [0.05, 0.1) is 17.1 Å². The first-order chi connectivity index (χ1) is 11.2. The Kier molecular flexibility index (Phi) is 3.42. The highest BCUT2D eigenvalue weighted by molar-refractivity contribution is 7.18. The van der Waals surface area contributed by atoms with E-state index in [0.717, 1.165) is 27.3 Å². The van der Waals surface area contributed by atoms with Crippen LogP contribution in [0.25, 0.3) is 21.3 Å². The highest BCUT2D eigenvalue weighted by Gasteiger charge is 2.16. The number of hydrogen-bond donors (Lipinski definition) is 0. The van der Waals surface area contributed by atoms with Gasteiger partial charge >= 0.3 is 0 Å². The summed E-state index contributed by atoms with van der Waals surface area (Å²) in [5, 5.41) is 2.21. The number of aryl methyl sites for hydroxylation is 2. The molecule has 0 radical (unpaired) electrons. The van der Waals surface area contributed by atoms with E-state index in [9.17, 15) is 4.39 Å². The second-order valence-corrected chi connectivity index (χ2v) is 6.95. The number of fused-ring (bicyclic) bond motifs is 3. The molecule has 0 saturated carbocycles. The van der Waals surface area contributed by atoms with E-state index in [2.05, 4.69) is 29.7 Å². The quantitative estimate of drug-likeness (QED) is 0.499. The summed E-state index contributed by atoms with van der Waals surface area (Å²) in [6.45, 7) is 4.70. The van der Waals surface area contributed by atoms with Crippen LogP contribution in [0.3, 0.4) is 0 Å². The fourth-order valence-electron chi connectivity index (χ4n) is 3.07. The lowest BCUT2D eigenvalue weighted by Gasteiger charge is -2.08. The van der Waals surface area contributed by atoms with Gasteiger partial charge in [-0.25, -0.2) is 9.37 Å². The van der Waals surface area contributed by atoms with Gasteiger partial charge in [-0.3, -0.25) is 0 Å². The lowest BCUT2D eigenvalue weighted by Crippen LogP contribution is -2.00. The number of aromatic nitrogens is 2. The zero-order chi connectivity index (χ0) is 16.0. The molecule has 0 atom stereocenters. The Balaban J connectivity index is 1.98. The van der Waals surface area contributed by atoms with Gasteiger partial charge in [0.15, 0.2) is 0 Å². The fourth-order valence-corrected chi connectivity index (χ4v) is 4.01. The Labute approximate surface area is 138 Å². The van der Waals surface area contributed by atoms with Gasteiger partial charge in [0.2, 0.25) is 0 Å². The van der Waals surface area contributed by atoms with E-state index < -0.39 is 0 Å². The fraction of sp³-hybridized carbons (Fsp3) is 0.211. The van der Waals surface area contributed by atoms with Gasteiger partial charge in [0, 0.05) is 10.9 Å². The number of halogens is 1. The Morgan fingerprint density at radius 1 is 1.17 bits per heavy atom. The molecule has 0 amide bonds. The van der Waals surface area contributed by atoms with Crippen molar-refractivity contribution in [2.75, 3.05) is 0 Å². The van der Waals surface area contributed by atoms with Gasteiger partial charge in [-0.15, -0.1) is 11.3 Å². The summed E-state index contributed by atoms with van der Waals surface area (Å²) in [7, 11) is 0. The molecule has 0 saturated heterocycles. The Morgan fingerprint density at radius 3 is 2.78 bits per heavy atom. The summed E-state index contributed by atoms with van der Waals surface area (Å²) in [4.78, 5) is 5.82. The maximum atomic E-state index is 14.1. The second-order valence-electron chi connectivity index (χ2n) is 5.77. The van der Waals surface area contributed by atoms with Gasteiger partial charge < -0.3 is 4.57 Å². The summed E-state index contributed by atoms with van der Waals surface area (Å²) in [5.41, 5.74) is 4.17. The molecule has 4 aromatic rings. The van der Waals surface area contributed by atoms with Crippen LogP contribution < -0.4 is 0 Å². The number of thiazole rings is 1. The van der Waals surface area contributed by atoms with Crippen molar-refractivity contribution >= 4 is 32.6 Å². The van der Waals surface area contributed by atoms with E-state index in [4.69, 9.17) is 4.98 Å². The Bertz CT molecular complexity index is 1010. The van der Waals surface area contributed by atoms with Crippen LogP contribution in [-0.4, -0.2) is 9.55 Å². The molecule has 2 aromatic carbocycles. The van der Waals surface area contributed by atoms with Crippen molar-refractivity contribution in [2.45, 2.75) is 26.8 Å². The van der Waals surface area contributed by atoms with E-state index in [1.165, 1.54) is 17.0 Å². The van der Waals surface area contributed by atoms with Gasteiger partial charge in [0.25, 0.3) is 0 Å². The first-order valence-electron chi connectivity index (χ1n) is 7.79. The van der Waals surface area contributed by atoms with Crippen molar-refractivity contribution in [3.63, 3.8) is 0 Å². The summed E-state index contributed by atoms with van der Waals surface area (Å²) in [6.07, 6.45) is 0.999. The third kappa shape index (κ3) is 2.34. The molecule has 23 heavy (non-hydrogen) atoms. The molecule has 0 fully saturated rings. The van der Waals surface area contributed by atoms with Crippen molar-refractivity contribution in [1.82, 2.24) is 9.55 Å². The van der Waals surface area contributed by atoms with Crippen LogP contribution in [0.5, 0.6) is 0 Å². The van der Waals surface area contributed by atoms with Crippen LogP contribution in [0.1, 0.15) is 23.1 Å². The van der Waals surface area contributed by atoms with E-state index in [-0.39, 0.29) is 5.82 Å². The maximum absolute atomic E-state index is 14.1. The van der Waals surface area contributed by atoms with Crippen LogP contribution >= 0.6 is 11.3 Å². The average molecular weight is 324 g/mol. The molecule has 4 rings (SSSR count). The SMILES string of the molecule is CCc1ccc2c(c1)c1nc(C)sc1n2Cc1ccccc1F. The minimum Gasteiger partial charge on any atom is -0.326 e. The van der Waals surface area contributed by atoms with E-state index in [1.807, 2.05) is 19.1 Å². The molecule has 0 aliphatic carbocycles. The summed E-state index contributed by atoms with van der Waals surface area (Å²) in [6, 6.07) is 13.5. The summed E-state index contributed by atoms with van der Waals surface area (Å²) < 4.78 is 16.3. The van der Waals surface area contributed by atoms with Crippen LogP contribution in [-0.2, 0) is 13.0 Å². The lowest BCUT2D eigenvalue weighted by atomic mass is 10.1. The average Bonchev–Trinajstić information content (AvgIpc) is 3.06. The Morgan fingerprint density at radius 2 is 2.00 bits per heavy atom. The highest BCUT2D eigenvalue weighted by atomic mass is 32.1. The molecule has 2 heterocycles. The highest BCUT2D eigenvalue weighted by Crippen LogP contribution is 2.34. The second kappa shape index (κ2) is 5.46. The largest absolute Gasteiger partial charge is 0.326 e. The number of hydrogen-bond acceptors (Lipinski definition) is 2. The molecule has 116 valence electrons. The van der Waals surface area contributed by atoms with Crippen molar-refractivity contribution < 1.29 is 4.39 Å². The van der Waals surface area contributed by atoms with Crippen molar-refractivity contribution in [3.05, 3.63) is 64.4 Å². The predicted molar refractivity (Wildman–Crippen MR) is 94.7 cm³/mol. The first kappa shape index (κ1) is 14.4. The maximum Gasteiger partial charge on any atom is 0.128 e. The standard InChI is InChI=1S/C19H17FN2S/c1-3-13-8-9-17-15(10-13)18-19(23-12(2)21-18)22(17)11-14-6-4-5-7-16(14)20/h4-10H,3,11H2,1-2H3. The van der Waals surface area contributed by atoms with Gasteiger partial charge in [-0.2, -0.15) is 0 Å². The molecule has 0 bridgehead atoms. The summed E-state index contributed by atoms with van der Waals surface area (Å²) in [5.74, 6) is -0.158. The van der Waals surface area contributed by atoms with E-state index in [0.29, 0.717) is 12.1 Å². The molecule has 0 aliphatic rings. The van der Waals surface area contributed by atoms with Crippen LogP contribution in [0.2, 0.25) is 0 Å². The van der Waals surface area contributed by atoms with Crippen molar-refractivity contribution in [3.8, 4) is 0 Å². The molecule has 0 unspecified atom stereocenters. The van der Waals surface area contributed by atoms with Gasteiger partial charge in [-0.1, -0.05) is 31.2 Å². The number of nitrogens with zero attached hydrogens (tertiary/aromatic N) is 2. The van der Waals surface area contributed by atoms with Gasteiger partial charge in [-0.05, 0) is 37.1 Å². The number of rotatable bonds is 3. The normalized spacial score (nSPS) is 11.6. The molecular formula is C19H17FN2S. The number of benzene rings is 2. The first-order valence-corrected chi connectivity index (χ1v) is 8.60. The lowest BCUT2D eigenvalue weighted by molar-refractivity contribution is 0.604. The molecule has 2 aromatic heterocycles. The van der Waals surface area contributed by atoms with Crippen LogP contribution in [0, 0.1) is 12.7 Å². The third-order valence-corrected chi connectivity index (χ3v) is 5.26. The predicted octanol–water partition coefficient (Wildman–Crippen LogP) is 5.31. The van der Waals surface area contributed by atoms with Crippen LogP contribution in [0.4, 0.5) is 4.39 Å². The minimum absolute atomic E-state index is 0.158. The zero-order valence-corrected chi connectivity index (χ0v) is 14.0. The molecule has 0 aliphatic heterocycles. The molecule has 0 spiro atoms. The van der Waals surface area contributed by atoms with Crippen LogP contribution in [0.15, 0.2) is 42.5 Å². The molecule has 4 heteroatoms. The molecular weight excluding hydrogens is 307 g/mol. The molecule has 2 nitrogen and oxygen atoms in total. The van der Waals surface area contributed by atoms with Gasteiger partial charge in [0.1, 0.15) is 16.2 Å². The van der Waals surface area contributed by atoms with Crippen molar-refractivity contribution in [1.29, 1.82) is 0 Å². The zero-order valence-electron chi connectivity index (χ0n) is 13.1. The monoisotopic (exact) mass is 324 g/mol. The Hall–Kier alpha value is -2.20. The molecule has 0 N–H and O–H groups in total. The summed E-state index contributed by atoms with van der Waals surface area (Å²) >= 11 is 1.67. The minimum atomic E-state index is -0.158.